The van der Waals surface area contributed by atoms with E-state index in [0.717, 1.165) is 22.8 Å². The summed E-state index contributed by atoms with van der Waals surface area (Å²) in [6.07, 6.45) is 3.79. The van der Waals surface area contributed by atoms with Crippen LogP contribution in [0.4, 0.5) is 0 Å². The first-order valence-corrected chi connectivity index (χ1v) is 21.9. The van der Waals surface area contributed by atoms with Crippen molar-refractivity contribution >= 4 is 47.9 Å². The zero-order chi connectivity index (χ0) is 42.7. The Bertz CT molecular complexity index is 1940. The molecule has 1 fully saturated rings. The molecule has 4 rings (SSSR count). The lowest BCUT2D eigenvalue weighted by Gasteiger charge is -2.38. The molecule has 0 aromatic heterocycles. The van der Waals surface area contributed by atoms with E-state index < -0.39 is 72.4 Å². The fraction of sp³-hybridized carbons (Fsp3) is 0.523. The number of carbonyl (C=O) groups is 5. The Morgan fingerprint density at radius 1 is 0.776 bits per heavy atom. The number of hydrogen-bond acceptors (Lipinski definition) is 8. The van der Waals surface area contributed by atoms with Gasteiger partial charge in [0.25, 0.3) is 0 Å². The predicted molar refractivity (Wildman–Crippen MR) is 226 cm³/mol. The third-order valence-corrected chi connectivity index (χ3v) is 12.1. The minimum Gasteiger partial charge on any atom is -0.370 e. The number of carbonyl (C=O) groups excluding carboxylic acids is 5. The molecule has 0 bridgehead atoms. The van der Waals surface area contributed by atoms with Gasteiger partial charge in [-0.2, -0.15) is 0 Å². The first-order valence-electron chi connectivity index (χ1n) is 20.2. The van der Waals surface area contributed by atoms with Gasteiger partial charge in [-0.15, -0.1) is 0 Å². The molecule has 0 unspecified atom stereocenters. The van der Waals surface area contributed by atoms with Gasteiger partial charge in [0.15, 0.2) is 0 Å². The molecule has 3 aromatic rings. The number of rotatable bonds is 18. The van der Waals surface area contributed by atoms with Gasteiger partial charge in [0.1, 0.15) is 17.6 Å². The van der Waals surface area contributed by atoms with Crippen LogP contribution in [0.2, 0.25) is 0 Å². The van der Waals surface area contributed by atoms with Crippen LogP contribution in [0.1, 0.15) is 110 Å². The van der Waals surface area contributed by atoms with Crippen molar-refractivity contribution < 1.29 is 37.6 Å². The number of primary amides is 1. The Morgan fingerprint density at radius 2 is 1.38 bits per heavy atom. The molecule has 6 N–H and O–H groups in total. The highest BCUT2D eigenvalue weighted by atomic mass is 31.2. The largest absolute Gasteiger partial charge is 0.370 e. The Labute approximate surface area is 342 Å². The normalized spacial score (nSPS) is 15.5. The first kappa shape index (κ1) is 46.1. The molecule has 2 atom stereocenters. The van der Waals surface area contributed by atoms with Crippen LogP contribution < -0.4 is 27.0 Å². The monoisotopic (exact) mass is 819 g/mol. The van der Waals surface area contributed by atoms with Gasteiger partial charge in [-0.1, -0.05) is 86.0 Å². The summed E-state index contributed by atoms with van der Waals surface area (Å²) in [6.45, 7) is 12.5. The lowest BCUT2D eigenvalue weighted by molar-refractivity contribution is -0.139. The molecule has 14 heteroatoms. The van der Waals surface area contributed by atoms with Crippen LogP contribution in [0.5, 0.6) is 0 Å². The minimum absolute atomic E-state index is 0.0367. The van der Waals surface area contributed by atoms with Crippen molar-refractivity contribution in [2.45, 2.75) is 141 Å². The van der Waals surface area contributed by atoms with Crippen LogP contribution in [-0.2, 0) is 56.6 Å². The predicted octanol–water partition coefficient (Wildman–Crippen LogP) is 6.14. The second-order valence-corrected chi connectivity index (χ2v) is 19.2. The van der Waals surface area contributed by atoms with Crippen molar-refractivity contribution in [3.05, 3.63) is 83.4 Å². The molecule has 0 radical (unpaired) electrons. The molecule has 1 saturated carbocycles. The molecule has 0 saturated heterocycles. The Balaban J connectivity index is 1.44. The molecule has 0 aliphatic heterocycles. The Hall–Kier alpha value is -4.58. The third-order valence-electron chi connectivity index (χ3n) is 9.69. The quantitative estimate of drug-likeness (QED) is 0.0746. The maximum Gasteiger partial charge on any atom is 0.336 e. The van der Waals surface area contributed by atoms with E-state index >= 15 is 0 Å². The van der Waals surface area contributed by atoms with Gasteiger partial charge in [-0.3, -0.25) is 28.5 Å². The third kappa shape index (κ3) is 14.4. The molecule has 0 spiro atoms. The van der Waals surface area contributed by atoms with E-state index in [9.17, 15) is 28.5 Å². The van der Waals surface area contributed by atoms with E-state index in [0.29, 0.717) is 56.2 Å². The molecule has 316 valence electrons. The summed E-state index contributed by atoms with van der Waals surface area (Å²) in [5.41, 5.74) is 5.29. The summed E-state index contributed by atoms with van der Waals surface area (Å²) in [5, 5.41) is 13.5. The minimum atomic E-state index is -3.56. The molecule has 1 aliphatic rings. The average molecular weight is 820 g/mol. The van der Waals surface area contributed by atoms with Crippen LogP contribution in [0.15, 0.2) is 66.7 Å². The highest BCUT2D eigenvalue weighted by molar-refractivity contribution is 7.53. The van der Waals surface area contributed by atoms with Gasteiger partial charge in [0.2, 0.25) is 29.5 Å². The number of benzene rings is 3. The van der Waals surface area contributed by atoms with Gasteiger partial charge >= 0.3 is 7.60 Å². The summed E-state index contributed by atoms with van der Waals surface area (Å²) < 4.78 is 25.7. The molecule has 58 heavy (non-hydrogen) atoms. The highest BCUT2D eigenvalue weighted by Crippen LogP contribution is 2.57. The van der Waals surface area contributed by atoms with Crippen molar-refractivity contribution in [1.29, 1.82) is 0 Å². The van der Waals surface area contributed by atoms with E-state index in [1.54, 1.807) is 24.3 Å². The number of fused-ring (bicyclic) bond motifs is 1. The van der Waals surface area contributed by atoms with Gasteiger partial charge in [-0.05, 0) is 94.7 Å². The van der Waals surface area contributed by atoms with Crippen molar-refractivity contribution in [3.63, 3.8) is 0 Å². The Kier molecular flexibility index (Phi) is 15.8. The summed E-state index contributed by atoms with van der Waals surface area (Å²) in [7, 11) is -3.56. The Morgan fingerprint density at radius 3 is 1.98 bits per heavy atom. The maximum absolute atomic E-state index is 14.1. The molecule has 5 amide bonds. The highest BCUT2D eigenvalue weighted by Gasteiger charge is 2.44. The molecule has 3 aromatic carbocycles. The zero-order valence-corrected chi connectivity index (χ0v) is 36.0. The van der Waals surface area contributed by atoms with Crippen LogP contribution in [0.3, 0.4) is 0 Å². The van der Waals surface area contributed by atoms with Crippen molar-refractivity contribution in [2.75, 3.05) is 6.54 Å². The van der Waals surface area contributed by atoms with Gasteiger partial charge in [0.05, 0.1) is 23.8 Å². The van der Waals surface area contributed by atoms with Crippen molar-refractivity contribution in [3.8, 4) is 0 Å². The number of aryl methyl sites for hydroxylation is 1. The van der Waals surface area contributed by atoms with Crippen LogP contribution in [0.25, 0.3) is 10.8 Å². The van der Waals surface area contributed by atoms with Crippen LogP contribution >= 0.6 is 7.60 Å². The van der Waals surface area contributed by atoms with E-state index in [1.807, 2.05) is 59.7 Å². The SMILES string of the molecule is CC(=O)N[C@H](Cc1ccc(CP(=O)(OC(C)(C)C)OC(C)(C)C)cc1)C(=O)NC1(C(=O)N[C@@H](CC(N)=O)C(=O)NCCCc2cccc3ccccc23)CCCCC1. The zero-order valence-electron chi connectivity index (χ0n) is 35.1. The first-order chi connectivity index (χ1) is 27.2. The standard InChI is InChI=1S/C44H62N5O8P/c1-30(50)47-36(27-31-20-22-32(23-21-31)29-58(55,56-42(2,3)4)57-43(5,6)7)40(53)49-44(24-11-8-12-25-44)41(54)48-37(28-38(45)51)39(52)46-26-14-18-34-17-13-16-33-15-9-10-19-35(33)34/h9-10,13,15-17,19-23,36-37H,8,11-12,14,18,24-29H2,1-7H3,(H2,45,51)(H,46,52)(H,47,50)(H,48,54)(H,49,53)/t36-,37+/m1/s1. The number of amides is 5. The molecule has 0 heterocycles. The fourth-order valence-electron chi connectivity index (χ4n) is 7.33. The summed E-state index contributed by atoms with van der Waals surface area (Å²) >= 11 is 0. The lowest BCUT2D eigenvalue weighted by Crippen LogP contribution is -2.65. The number of hydrogen-bond donors (Lipinski definition) is 5. The van der Waals surface area contributed by atoms with Crippen molar-refractivity contribution in [1.82, 2.24) is 21.3 Å². The number of nitrogens with one attached hydrogen (secondary N) is 4. The smallest absolute Gasteiger partial charge is 0.336 e. The van der Waals surface area contributed by atoms with Gasteiger partial charge < -0.3 is 36.0 Å². The van der Waals surface area contributed by atoms with Crippen LogP contribution in [0, 0.1) is 0 Å². The van der Waals surface area contributed by atoms with Crippen molar-refractivity contribution in [2.24, 2.45) is 5.73 Å². The second-order valence-electron chi connectivity index (χ2n) is 17.3. The van der Waals surface area contributed by atoms with Gasteiger partial charge in [0, 0.05) is 19.9 Å². The van der Waals surface area contributed by atoms with E-state index in [2.05, 4.69) is 45.5 Å². The van der Waals surface area contributed by atoms with E-state index in [4.69, 9.17) is 14.8 Å². The van der Waals surface area contributed by atoms with E-state index in [1.165, 1.54) is 6.92 Å². The second kappa shape index (κ2) is 19.9. The van der Waals surface area contributed by atoms with Crippen LogP contribution in [-0.4, -0.2) is 64.9 Å². The topological polar surface area (TPSA) is 195 Å². The molecule has 13 nitrogen and oxygen atoms in total. The molecular weight excluding hydrogens is 757 g/mol. The fourth-order valence-corrected chi connectivity index (χ4v) is 9.82. The summed E-state index contributed by atoms with van der Waals surface area (Å²) in [5.74, 6) is -2.91. The molecular formula is C44H62N5O8P. The average Bonchev–Trinajstić information content (AvgIpc) is 3.11. The summed E-state index contributed by atoms with van der Waals surface area (Å²) in [6, 6.07) is 19.0. The van der Waals surface area contributed by atoms with Gasteiger partial charge in [-0.25, -0.2) is 0 Å². The summed E-state index contributed by atoms with van der Waals surface area (Å²) in [4.78, 5) is 66.0. The number of nitrogens with two attached hydrogens (primary N) is 1. The van der Waals surface area contributed by atoms with E-state index in [-0.39, 0.29) is 12.6 Å². The molecule has 1 aliphatic carbocycles. The lowest BCUT2D eigenvalue weighted by atomic mass is 9.80. The maximum atomic E-state index is 14.1.